The summed E-state index contributed by atoms with van der Waals surface area (Å²) in [5.74, 6) is 0.0947. The Morgan fingerprint density at radius 2 is 1.95 bits per heavy atom. The van der Waals surface area contributed by atoms with Crippen LogP contribution in [0.4, 0.5) is 4.39 Å². The average molecular weight is 267 g/mol. The molecule has 0 unspecified atom stereocenters. The molecule has 0 atom stereocenters. The molecule has 0 aliphatic heterocycles. The predicted molar refractivity (Wildman–Crippen MR) is 73.4 cm³/mol. The van der Waals surface area contributed by atoms with E-state index in [1.807, 2.05) is 0 Å². The van der Waals surface area contributed by atoms with E-state index in [9.17, 15) is 9.18 Å². The van der Waals surface area contributed by atoms with Crippen molar-refractivity contribution in [2.45, 2.75) is 26.7 Å². The van der Waals surface area contributed by atoms with E-state index in [2.05, 4.69) is 19.2 Å². The zero-order valence-corrected chi connectivity index (χ0v) is 11.6. The van der Waals surface area contributed by atoms with Crippen molar-refractivity contribution < 1.29 is 13.9 Å². The van der Waals surface area contributed by atoms with Crippen molar-refractivity contribution in [3.05, 3.63) is 35.6 Å². The molecule has 0 amide bonds. The molecule has 106 valence electrons. The van der Waals surface area contributed by atoms with E-state index in [1.54, 1.807) is 12.1 Å². The van der Waals surface area contributed by atoms with Crippen LogP contribution in [0.2, 0.25) is 0 Å². The molecule has 4 heteroatoms. The van der Waals surface area contributed by atoms with Gasteiger partial charge in [-0.1, -0.05) is 26.0 Å². The third-order valence-electron chi connectivity index (χ3n) is 2.70. The van der Waals surface area contributed by atoms with Gasteiger partial charge in [-0.15, -0.1) is 0 Å². The molecular weight excluding hydrogens is 245 g/mol. The molecule has 0 aliphatic carbocycles. The van der Waals surface area contributed by atoms with Crippen LogP contribution in [0.15, 0.2) is 24.3 Å². The number of rotatable bonds is 8. The van der Waals surface area contributed by atoms with Crippen LogP contribution in [0.5, 0.6) is 0 Å². The van der Waals surface area contributed by atoms with Crippen LogP contribution in [0.1, 0.15) is 25.8 Å². The van der Waals surface area contributed by atoms with Gasteiger partial charge in [-0.3, -0.25) is 4.79 Å². The van der Waals surface area contributed by atoms with Crippen LogP contribution >= 0.6 is 0 Å². The normalized spacial score (nSPS) is 10.7. The number of carbonyl (C=O) groups excluding carboxylic acids is 1. The molecule has 0 radical (unpaired) electrons. The predicted octanol–water partition coefficient (Wildman–Crippen LogP) is 2.55. The summed E-state index contributed by atoms with van der Waals surface area (Å²) in [7, 11) is 0. The molecule has 3 nitrogen and oxygen atoms in total. The van der Waals surface area contributed by atoms with Crippen LogP contribution in [0.25, 0.3) is 0 Å². The number of benzene rings is 1. The summed E-state index contributed by atoms with van der Waals surface area (Å²) in [6.45, 7) is 6.32. The van der Waals surface area contributed by atoms with E-state index in [4.69, 9.17) is 4.74 Å². The van der Waals surface area contributed by atoms with Gasteiger partial charge in [0.25, 0.3) is 0 Å². The van der Waals surface area contributed by atoms with Gasteiger partial charge < -0.3 is 10.1 Å². The number of ether oxygens (including phenoxy) is 1. The van der Waals surface area contributed by atoms with Crippen LogP contribution in [-0.2, 0) is 16.0 Å². The lowest BCUT2D eigenvalue weighted by atomic mass is 10.1. The van der Waals surface area contributed by atoms with E-state index in [-0.39, 0.29) is 18.2 Å². The van der Waals surface area contributed by atoms with Gasteiger partial charge in [0.2, 0.25) is 0 Å². The highest BCUT2D eigenvalue weighted by molar-refractivity contribution is 5.72. The monoisotopic (exact) mass is 267 g/mol. The Morgan fingerprint density at radius 3 is 2.58 bits per heavy atom. The highest BCUT2D eigenvalue weighted by atomic mass is 19.1. The SMILES string of the molecule is CC(C)CCNCCOC(=O)Cc1ccc(F)cc1. The number of carbonyl (C=O) groups is 1. The Morgan fingerprint density at radius 1 is 1.26 bits per heavy atom. The molecule has 19 heavy (non-hydrogen) atoms. The van der Waals surface area contributed by atoms with Crippen LogP contribution in [-0.4, -0.2) is 25.7 Å². The second kappa shape index (κ2) is 8.64. The number of hydrogen-bond donors (Lipinski definition) is 1. The topological polar surface area (TPSA) is 38.3 Å². The maximum absolute atomic E-state index is 12.7. The molecule has 1 aromatic rings. The van der Waals surface area contributed by atoms with Gasteiger partial charge in [-0.2, -0.15) is 0 Å². The molecule has 0 heterocycles. The number of halogens is 1. The zero-order chi connectivity index (χ0) is 14.1. The quantitative estimate of drug-likeness (QED) is 0.581. The Kier molecular flexibility index (Phi) is 7.11. The first-order chi connectivity index (χ1) is 9.08. The Hall–Kier alpha value is -1.42. The lowest BCUT2D eigenvalue weighted by Gasteiger charge is -2.08. The standard InChI is InChI=1S/C15H22FNO2/c1-12(2)7-8-17-9-10-19-15(18)11-13-3-5-14(16)6-4-13/h3-6,12,17H,7-11H2,1-2H3. The molecule has 1 N–H and O–H groups in total. The van der Waals surface area contributed by atoms with E-state index >= 15 is 0 Å². The maximum Gasteiger partial charge on any atom is 0.310 e. The minimum absolute atomic E-state index is 0.187. The van der Waals surface area contributed by atoms with Crippen LogP contribution < -0.4 is 5.32 Å². The average Bonchev–Trinajstić information content (AvgIpc) is 2.36. The van der Waals surface area contributed by atoms with Crippen molar-refractivity contribution in [1.82, 2.24) is 5.32 Å². The highest BCUT2D eigenvalue weighted by Crippen LogP contribution is 2.04. The first kappa shape index (κ1) is 15.6. The van der Waals surface area contributed by atoms with Gasteiger partial charge in [0.1, 0.15) is 12.4 Å². The Bertz CT molecular complexity index is 376. The fourth-order valence-corrected chi connectivity index (χ4v) is 1.57. The summed E-state index contributed by atoms with van der Waals surface area (Å²) in [5.41, 5.74) is 0.763. The largest absolute Gasteiger partial charge is 0.464 e. The van der Waals surface area contributed by atoms with Gasteiger partial charge in [-0.25, -0.2) is 4.39 Å². The van der Waals surface area contributed by atoms with Gasteiger partial charge in [0, 0.05) is 6.54 Å². The van der Waals surface area contributed by atoms with Crippen LogP contribution in [0.3, 0.4) is 0 Å². The van der Waals surface area contributed by atoms with Crippen molar-refractivity contribution in [1.29, 1.82) is 0 Å². The van der Waals surface area contributed by atoms with Crippen molar-refractivity contribution in [2.24, 2.45) is 5.92 Å². The van der Waals surface area contributed by atoms with E-state index in [0.29, 0.717) is 19.1 Å². The molecule has 0 saturated heterocycles. The van der Waals surface area contributed by atoms with Crippen LogP contribution in [0, 0.1) is 11.7 Å². The van der Waals surface area contributed by atoms with E-state index in [0.717, 1.165) is 18.5 Å². The Balaban J connectivity index is 2.09. The van der Waals surface area contributed by atoms with Gasteiger partial charge in [-0.05, 0) is 36.6 Å². The molecule has 0 aliphatic rings. The minimum Gasteiger partial charge on any atom is -0.464 e. The van der Waals surface area contributed by atoms with Crippen molar-refractivity contribution in [2.75, 3.05) is 19.7 Å². The Labute approximate surface area is 114 Å². The van der Waals surface area contributed by atoms with Gasteiger partial charge >= 0.3 is 5.97 Å². The third-order valence-corrected chi connectivity index (χ3v) is 2.70. The molecule has 0 aromatic heterocycles. The molecule has 0 bridgehead atoms. The summed E-state index contributed by atoms with van der Waals surface area (Å²) < 4.78 is 17.8. The summed E-state index contributed by atoms with van der Waals surface area (Å²) in [6.07, 6.45) is 1.30. The molecular formula is C15H22FNO2. The van der Waals surface area contributed by atoms with Crippen molar-refractivity contribution in [3.8, 4) is 0 Å². The second-order valence-corrected chi connectivity index (χ2v) is 4.96. The zero-order valence-electron chi connectivity index (χ0n) is 11.6. The van der Waals surface area contributed by atoms with Crippen molar-refractivity contribution in [3.63, 3.8) is 0 Å². The number of esters is 1. The summed E-state index contributed by atoms with van der Waals surface area (Å²) in [4.78, 5) is 11.5. The van der Waals surface area contributed by atoms with E-state index < -0.39 is 0 Å². The number of hydrogen-bond acceptors (Lipinski definition) is 3. The maximum atomic E-state index is 12.7. The highest BCUT2D eigenvalue weighted by Gasteiger charge is 2.04. The van der Waals surface area contributed by atoms with Gasteiger partial charge in [0.15, 0.2) is 0 Å². The summed E-state index contributed by atoms with van der Waals surface area (Å²) >= 11 is 0. The molecule has 1 rings (SSSR count). The van der Waals surface area contributed by atoms with Gasteiger partial charge in [0.05, 0.1) is 6.42 Å². The fraction of sp³-hybridized carbons (Fsp3) is 0.533. The summed E-state index contributed by atoms with van der Waals surface area (Å²) in [6, 6.07) is 5.88. The number of nitrogens with one attached hydrogen (secondary N) is 1. The van der Waals surface area contributed by atoms with E-state index in [1.165, 1.54) is 12.1 Å². The molecule has 0 fully saturated rings. The minimum atomic E-state index is -0.300. The molecule has 0 saturated carbocycles. The second-order valence-electron chi connectivity index (χ2n) is 4.96. The first-order valence-corrected chi connectivity index (χ1v) is 6.68. The lowest BCUT2D eigenvalue weighted by Crippen LogP contribution is -2.23. The fourth-order valence-electron chi connectivity index (χ4n) is 1.57. The first-order valence-electron chi connectivity index (χ1n) is 6.68. The third kappa shape index (κ3) is 7.57. The smallest absolute Gasteiger partial charge is 0.310 e. The molecule has 0 spiro atoms. The lowest BCUT2D eigenvalue weighted by molar-refractivity contribution is -0.142. The van der Waals surface area contributed by atoms with Crippen molar-refractivity contribution >= 4 is 5.97 Å². The molecule has 1 aromatic carbocycles. The summed E-state index contributed by atoms with van der Waals surface area (Å²) in [5, 5.41) is 3.22.